The Balaban J connectivity index is 1.84. The molecule has 39 heavy (non-hydrogen) atoms. The maximum atomic E-state index is 7.76. The largest absolute Gasteiger partial charge is 0.412 e. The summed E-state index contributed by atoms with van der Waals surface area (Å²) in [4.78, 5) is 0. The molecule has 6 nitrogen and oxygen atoms in total. The van der Waals surface area contributed by atoms with Crippen molar-refractivity contribution in [3.63, 3.8) is 0 Å². The molecule has 3 aliphatic carbocycles. The molecule has 3 saturated carbocycles. The van der Waals surface area contributed by atoms with Gasteiger partial charge in [-0.2, -0.15) is 0 Å². The van der Waals surface area contributed by atoms with Crippen LogP contribution in [-0.4, -0.2) is 62.7 Å². The molecular weight excluding hydrogens is 541 g/mol. The molecule has 4 aliphatic rings. The van der Waals surface area contributed by atoms with Crippen molar-refractivity contribution in [1.29, 1.82) is 0 Å². The van der Waals surface area contributed by atoms with E-state index in [0.29, 0.717) is 35.3 Å². The summed E-state index contributed by atoms with van der Waals surface area (Å²) in [7, 11) is -8.43. The summed E-state index contributed by atoms with van der Waals surface area (Å²) < 4.78 is 43.0. The van der Waals surface area contributed by atoms with Crippen LogP contribution in [0.5, 0.6) is 0 Å². The summed E-state index contributed by atoms with van der Waals surface area (Å²) in [6.07, 6.45) is 21.2. The van der Waals surface area contributed by atoms with Crippen molar-refractivity contribution in [1.82, 2.24) is 0 Å². The second-order valence-electron chi connectivity index (χ2n) is 13.8. The first-order valence-corrected chi connectivity index (χ1v) is 22.9. The molecule has 9 heteroatoms. The third kappa shape index (κ3) is 8.28. The fourth-order valence-corrected chi connectivity index (χ4v) is 27.8. The van der Waals surface area contributed by atoms with E-state index < -0.39 is 25.7 Å². The summed E-state index contributed by atoms with van der Waals surface area (Å²) in [5.41, 5.74) is 1.41. The molecule has 0 aromatic heterocycles. The van der Waals surface area contributed by atoms with Gasteiger partial charge >= 0.3 is 25.7 Å². The Labute approximate surface area is 243 Å². The Morgan fingerprint density at radius 2 is 0.667 bits per heavy atom. The van der Waals surface area contributed by atoms with Crippen molar-refractivity contribution in [2.45, 2.75) is 173 Å². The van der Waals surface area contributed by atoms with Crippen molar-refractivity contribution < 1.29 is 26.6 Å². The number of hydrogen-bond donors (Lipinski definition) is 0. The lowest BCUT2D eigenvalue weighted by Crippen LogP contribution is -2.78. The van der Waals surface area contributed by atoms with Crippen molar-refractivity contribution in [3.05, 3.63) is 0 Å². The van der Waals surface area contributed by atoms with Gasteiger partial charge in [0, 0.05) is 16.6 Å². The van der Waals surface area contributed by atoms with Gasteiger partial charge in [0.15, 0.2) is 0 Å². The highest BCUT2D eigenvalue weighted by molar-refractivity contribution is 6.96. The van der Waals surface area contributed by atoms with Crippen LogP contribution in [0.2, 0.25) is 16.6 Å². The zero-order chi connectivity index (χ0) is 27.9. The molecule has 0 bridgehead atoms. The van der Waals surface area contributed by atoms with Gasteiger partial charge in [-0.05, 0) is 80.1 Å². The minimum atomic E-state index is -2.81. The summed E-state index contributed by atoms with van der Waals surface area (Å²) >= 11 is 0. The van der Waals surface area contributed by atoms with E-state index in [2.05, 4.69) is 41.5 Å². The van der Waals surface area contributed by atoms with Crippen LogP contribution in [0.15, 0.2) is 0 Å². The van der Waals surface area contributed by atoms with Gasteiger partial charge in [-0.15, -0.1) is 0 Å². The Morgan fingerprint density at radius 1 is 0.436 bits per heavy atom. The summed E-state index contributed by atoms with van der Waals surface area (Å²) in [5.74, 6) is 0. The molecule has 0 radical (unpaired) electrons. The monoisotopic (exact) mass is 600 g/mol. The van der Waals surface area contributed by atoms with Crippen LogP contribution in [-0.2, 0) is 26.6 Å². The van der Waals surface area contributed by atoms with Gasteiger partial charge in [0.25, 0.3) is 0 Å². The minimum absolute atomic E-state index is 0.156. The molecule has 1 saturated heterocycles. The van der Waals surface area contributed by atoms with E-state index in [-0.39, 0.29) is 18.3 Å². The SMILES string of the molecule is CC(C)OC[Si]1(C2CCCCC2)O[Si](COC(C)C)(C2CCCCC2)O[Si](COC(C)C)(C2CCCCC2)O1. The molecule has 0 atom stereocenters. The van der Waals surface area contributed by atoms with Crippen molar-refractivity contribution in [3.8, 4) is 0 Å². The van der Waals surface area contributed by atoms with Gasteiger partial charge in [-0.1, -0.05) is 57.8 Å². The zero-order valence-corrected chi connectivity index (χ0v) is 29.1. The molecule has 0 aromatic carbocycles. The second-order valence-corrected chi connectivity index (χ2v) is 24.5. The Kier molecular flexibility index (Phi) is 12.2. The fourth-order valence-electron chi connectivity index (χ4n) is 7.45. The average molecular weight is 601 g/mol. The standard InChI is InChI=1S/C30H60O6Si3/c1-25(2)31-22-37(28-16-10-7-11-17-28)34-38(23-32-26(3)4,29-18-12-8-13-19-29)36-39(35-37,24-33-27(5)6)30-20-14-9-15-21-30/h25-30H,7-24H2,1-6H3. The topological polar surface area (TPSA) is 55.4 Å². The van der Waals surface area contributed by atoms with E-state index in [4.69, 9.17) is 26.6 Å². The fraction of sp³-hybridized carbons (Fsp3) is 1.00. The minimum Gasteiger partial charge on any atom is -0.412 e. The van der Waals surface area contributed by atoms with E-state index in [1.165, 1.54) is 96.3 Å². The van der Waals surface area contributed by atoms with E-state index in [0.717, 1.165) is 0 Å². The van der Waals surface area contributed by atoms with Gasteiger partial charge in [0.05, 0.1) is 37.0 Å². The summed E-state index contributed by atoms with van der Waals surface area (Å²) in [6, 6.07) is 0. The molecule has 4 rings (SSSR count). The lowest BCUT2D eigenvalue weighted by atomic mass is 10.0. The van der Waals surface area contributed by atoms with Crippen LogP contribution in [0, 0.1) is 0 Å². The average Bonchev–Trinajstić information content (AvgIpc) is 2.95. The van der Waals surface area contributed by atoms with Crippen LogP contribution < -0.4 is 0 Å². The molecule has 0 unspecified atom stereocenters. The van der Waals surface area contributed by atoms with Gasteiger partial charge in [-0.3, -0.25) is 0 Å². The molecule has 0 spiro atoms. The molecule has 0 amide bonds. The lowest BCUT2D eigenvalue weighted by molar-refractivity contribution is 0.0371. The third-order valence-electron chi connectivity index (χ3n) is 9.57. The van der Waals surface area contributed by atoms with E-state index in [9.17, 15) is 0 Å². The highest BCUT2D eigenvalue weighted by atomic mass is 28.5. The van der Waals surface area contributed by atoms with Gasteiger partial charge < -0.3 is 26.6 Å². The number of rotatable bonds is 12. The van der Waals surface area contributed by atoms with Crippen LogP contribution >= 0.6 is 0 Å². The number of ether oxygens (including phenoxy) is 3. The van der Waals surface area contributed by atoms with Crippen LogP contribution in [0.4, 0.5) is 0 Å². The second kappa shape index (κ2) is 14.7. The Morgan fingerprint density at radius 3 is 0.872 bits per heavy atom. The molecular formula is C30H60O6Si3. The quantitative estimate of drug-likeness (QED) is 0.210. The zero-order valence-electron chi connectivity index (χ0n) is 26.1. The summed E-state index contributed by atoms with van der Waals surface area (Å²) in [6.45, 7) is 12.9. The van der Waals surface area contributed by atoms with Crippen molar-refractivity contribution in [2.24, 2.45) is 0 Å². The maximum absolute atomic E-state index is 7.76. The first-order valence-electron chi connectivity index (χ1n) is 16.6. The van der Waals surface area contributed by atoms with Gasteiger partial charge in [0.2, 0.25) is 0 Å². The van der Waals surface area contributed by atoms with Crippen molar-refractivity contribution in [2.75, 3.05) is 18.7 Å². The first-order chi connectivity index (χ1) is 18.7. The van der Waals surface area contributed by atoms with Gasteiger partial charge in [-0.25, -0.2) is 0 Å². The summed E-state index contributed by atoms with van der Waals surface area (Å²) in [5, 5.41) is 0. The Hall–Kier alpha value is 0.411. The molecule has 1 heterocycles. The predicted molar refractivity (Wildman–Crippen MR) is 164 cm³/mol. The highest BCUT2D eigenvalue weighted by Crippen LogP contribution is 2.53. The smallest absolute Gasteiger partial charge is 0.350 e. The van der Waals surface area contributed by atoms with E-state index in [1.54, 1.807) is 0 Å². The molecule has 0 N–H and O–H groups in total. The number of hydrogen-bond acceptors (Lipinski definition) is 6. The first kappa shape index (κ1) is 32.3. The predicted octanol–water partition coefficient (Wildman–Crippen LogP) is 8.27. The molecule has 4 fully saturated rings. The van der Waals surface area contributed by atoms with Gasteiger partial charge in [0.1, 0.15) is 0 Å². The highest BCUT2D eigenvalue weighted by Gasteiger charge is 2.69. The van der Waals surface area contributed by atoms with E-state index in [1.807, 2.05) is 0 Å². The molecule has 1 aliphatic heterocycles. The van der Waals surface area contributed by atoms with Crippen LogP contribution in [0.3, 0.4) is 0 Å². The lowest BCUT2D eigenvalue weighted by Gasteiger charge is -2.59. The van der Waals surface area contributed by atoms with Crippen molar-refractivity contribution >= 4 is 25.7 Å². The maximum Gasteiger partial charge on any atom is 0.350 e. The van der Waals surface area contributed by atoms with Crippen LogP contribution in [0.1, 0.15) is 138 Å². The third-order valence-corrected chi connectivity index (χ3v) is 25.0. The normalized spacial score (nSPS) is 34.4. The molecule has 228 valence electrons. The Bertz CT molecular complexity index is 616. The van der Waals surface area contributed by atoms with Crippen LogP contribution in [0.25, 0.3) is 0 Å². The van der Waals surface area contributed by atoms with E-state index >= 15 is 0 Å². The molecule has 0 aromatic rings.